The second-order valence-corrected chi connectivity index (χ2v) is 17.9. The Morgan fingerprint density at radius 3 is 1.96 bits per heavy atom. The van der Waals surface area contributed by atoms with Gasteiger partial charge in [-0.15, -0.1) is 0 Å². The van der Waals surface area contributed by atoms with E-state index in [1.165, 1.54) is 9.80 Å². The van der Waals surface area contributed by atoms with Crippen LogP contribution in [0.2, 0.25) is 0 Å². The molecule has 0 aromatic carbocycles. The molecule has 0 aromatic rings. The lowest BCUT2D eigenvalue weighted by molar-refractivity contribution is -0.145. The van der Waals surface area contributed by atoms with E-state index in [4.69, 9.17) is 10.5 Å². The fourth-order valence-electron chi connectivity index (χ4n) is 6.91. The minimum atomic E-state index is -1.10. The van der Waals surface area contributed by atoms with E-state index in [2.05, 4.69) is 29.8 Å². The number of hydrogen-bond donors (Lipinski definition) is 4. The zero-order valence-corrected chi connectivity index (χ0v) is 31.1. The van der Waals surface area contributed by atoms with Gasteiger partial charge < -0.3 is 36.2 Å². The van der Waals surface area contributed by atoms with Crippen molar-refractivity contribution in [3.63, 3.8) is 0 Å². The molecule has 3 aliphatic rings. The first-order valence-corrected chi connectivity index (χ1v) is 17.2. The first kappa shape index (κ1) is 39.1. The van der Waals surface area contributed by atoms with Crippen LogP contribution in [0.25, 0.3) is 0 Å². The molecule has 1 unspecified atom stereocenters. The maximum atomic E-state index is 14.4. The molecule has 5 N–H and O–H groups in total. The Kier molecular flexibility index (Phi) is 11.3. The molecule has 6 amide bonds. The molecular weight excluding hydrogens is 616 g/mol. The number of likely N-dealkylation sites (N-methyl/N-ethyl adjacent to an activating group) is 1. The minimum Gasteiger partial charge on any atom is -0.444 e. The molecule has 1 heterocycles. The number of urea groups is 1. The lowest BCUT2D eigenvalue weighted by Gasteiger charge is -2.39. The monoisotopic (exact) mass is 676 g/mol. The van der Waals surface area contributed by atoms with E-state index in [0.717, 1.165) is 19.3 Å². The minimum absolute atomic E-state index is 0.0669. The molecule has 0 bridgehead atoms. The van der Waals surface area contributed by atoms with Crippen molar-refractivity contribution < 1.29 is 33.5 Å². The maximum absolute atomic E-state index is 14.4. The topological polar surface area (TPSA) is 180 Å². The van der Waals surface area contributed by atoms with Crippen LogP contribution >= 0.6 is 0 Å². The molecule has 0 aromatic heterocycles. The first-order chi connectivity index (χ1) is 21.8. The van der Waals surface area contributed by atoms with Crippen LogP contribution in [0.4, 0.5) is 9.59 Å². The Morgan fingerprint density at radius 2 is 1.50 bits per heavy atom. The molecule has 13 heteroatoms. The van der Waals surface area contributed by atoms with Crippen molar-refractivity contribution in [2.75, 3.05) is 20.1 Å². The van der Waals surface area contributed by atoms with E-state index in [0.29, 0.717) is 13.0 Å². The van der Waals surface area contributed by atoms with Gasteiger partial charge in [-0.3, -0.25) is 19.2 Å². The average molecular weight is 677 g/mol. The molecular formula is C35H60N6O7. The number of ether oxygens (including phenoxy) is 1. The van der Waals surface area contributed by atoms with Gasteiger partial charge in [0.1, 0.15) is 17.7 Å². The van der Waals surface area contributed by atoms with Crippen LogP contribution in [0.15, 0.2) is 0 Å². The molecule has 2 saturated carbocycles. The summed E-state index contributed by atoms with van der Waals surface area (Å²) in [7, 11) is 1.60. The predicted molar refractivity (Wildman–Crippen MR) is 181 cm³/mol. The number of carbonyl (C=O) groups excluding carboxylic acids is 6. The van der Waals surface area contributed by atoms with E-state index in [1.54, 1.807) is 27.8 Å². The number of amides is 6. The number of primary amides is 1. The largest absolute Gasteiger partial charge is 0.444 e. The van der Waals surface area contributed by atoms with E-state index >= 15 is 0 Å². The number of hydrogen-bond acceptors (Lipinski definition) is 7. The quantitative estimate of drug-likeness (QED) is 0.243. The summed E-state index contributed by atoms with van der Waals surface area (Å²) in [6.45, 7) is 21.3. The van der Waals surface area contributed by atoms with Crippen molar-refractivity contribution in [2.45, 2.75) is 132 Å². The Balaban J connectivity index is 1.80. The van der Waals surface area contributed by atoms with Gasteiger partial charge in [-0.25, -0.2) is 9.59 Å². The van der Waals surface area contributed by atoms with Gasteiger partial charge in [0.15, 0.2) is 0 Å². The fourth-order valence-corrected chi connectivity index (χ4v) is 6.91. The SMILES string of the molecule is CN(C[C@@H](NC(=O)N[C@H](C(=O)N1C[C@H]2[C@@H]([C@H]1C(=O)NC(CC1CCC1)C(=O)C(N)=O)C2(C)C)C(C)(C)C)C(C)(C)C)C(=O)OC(C)(C)C. The lowest BCUT2D eigenvalue weighted by atomic mass is 9.80. The van der Waals surface area contributed by atoms with Gasteiger partial charge in [0.25, 0.3) is 5.91 Å². The molecule has 1 saturated heterocycles. The van der Waals surface area contributed by atoms with Gasteiger partial charge >= 0.3 is 12.1 Å². The molecule has 2 aliphatic carbocycles. The number of nitrogens with one attached hydrogen (secondary N) is 3. The highest BCUT2D eigenvalue weighted by Gasteiger charge is 2.70. The van der Waals surface area contributed by atoms with E-state index in [-0.39, 0.29) is 29.7 Å². The highest BCUT2D eigenvalue weighted by Crippen LogP contribution is 2.65. The van der Waals surface area contributed by atoms with Gasteiger partial charge in [-0.05, 0) is 61.2 Å². The number of fused-ring (bicyclic) bond motifs is 1. The Labute approximate surface area is 286 Å². The number of ketones is 1. The molecule has 13 nitrogen and oxygen atoms in total. The Hall–Kier alpha value is -3.38. The van der Waals surface area contributed by atoms with Gasteiger partial charge in [0, 0.05) is 20.1 Å². The second kappa shape index (κ2) is 13.9. The van der Waals surface area contributed by atoms with Crippen LogP contribution in [0, 0.1) is 34.0 Å². The number of Topliss-reactive ketones (excluding diaryl/α,β-unsaturated/α-hetero) is 1. The van der Waals surface area contributed by atoms with Crippen LogP contribution in [0.5, 0.6) is 0 Å². The summed E-state index contributed by atoms with van der Waals surface area (Å²) >= 11 is 0. The third kappa shape index (κ3) is 9.19. The number of piperidine rings is 1. The number of nitrogens with zero attached hydrogens (tertiary/aromatic N) is 2. The van der Waals surface area contributed by atoms with Gasteiger partial charge in [0.05, 0.1) is 12.1 Å². The Bertz CT molecular complexity index is 1270. The van der Waals surface area contributed by atoms with Crippen molar-refractivity contribution in [2.24, 2.45) is 39.7 Å². The second-order valence-electron chi connectivity index (χ2n) is 17.9. The number of likely N-dealkylation sites (tertiary alicyclic amines) is 1. The molecule has 0 spiro atoms. The van der Waals surface area contributed by atoms with Crippen LogP contribution in [0.1, 0.15) is 102 Å². The molecule has 6 atom stereocenters. The number of carbonyl (C=O) groups is 6. The summed E-state index contributed by atoms with van der Waals surface area (Å²) in [5, 5.41) is 8.64. The summed E-state index contributed by atoms with van der Waals surface area (Å²) in [5.74, 6) is -2.69. The highest BCUT2D eigenvalue weighted by atomic mass is 16.6. The van der Waals surface area contributed by atoms with Gasteiger partial charge in [-0.2, -0.15) is 0 Å². The molecule has 48 heavy (non-hydrogen) atoms. The number of nitrogens with two attached hydrogens (primary N) is 1. The zero-order valence-electron chi connectivity index (χ0n) is 31.1. The molecule has 1 aliphatic heterocycles. The molecule has 3 fully saturated rings. The van der Waals surface area contributed by atoms with Crippen LogP contribution in [-0.2, 0) is 23.9 Å². The van der Waals surface area contributed by atoms with Crippen LogP contribution in [-0.4, -0.2) is 95.3 Å². The lowest BCUT2D eigenvalue weighted by Crippen LogP contribution is -2.62. The summed E-state index contributed by atoms with van der Waals surface area (Å²) in [6, 6.07) is -4.01. The average Bonchev–Trinajstić information content (AvgIpc) is 3.22. The third-order valence-corrected chi connectivity index (χ3v) is 10.3. The van der Waals surface area contributed by atoms with Crippen molar-refractivity contribution >= 4 is 35.6 Å². The Morgan fingerprint density at radius 1 is 0.917 bits per heavy atom. The zero-order chi connectivity index (χ0) is 36.7. The smallest absolute Gasteiger partial charge is 0.410 e. The maximum Gasteiger partial charge on any atom is 0.410 e. The van der Waals surface area contributed by atoms with Crippen LogP contribution < -0.4 is 21.7 Å². The van der Waals surface area contributed by atoms with E-state index in [1.807, 2.05) is 41.5 Å². The molecule has 0 radical (unpaired) electrons. The van der Waals surface area contributed by atoms with Crippen molar-refractivity contribution in [3.8, 4) is 0 Å². The van der Waals surface area contributed by atoms with Crippen molar-refractivity contribution in [1.82, 2.24) is 25.8 Å². The third-order valence-electron chi connectivity index (χ3n) is 10.3. The normalized spacial score (nSPS) is 23.8. The van der Waals surface area contributed by atoms with Crippen molar-refractivity contribution in [1.29, 1.82) is 0 Å². The summed E-state index contributed by atoms with van der Waals surface area (Å²) < 4.78 is 5.48. The number of rotatable bonds is 11. The van der Waals surface area contributed by atoms with E-state index < -0.39 is 76.2 Å². The first-order valence-electron chi connectivity index (χ1n) is 17.2. The summed E-state index contributed by atoms with van der Waals surface area (Å²) in [4.78, 5) is 82.1. The van der Waals surface area contributed by atoms with Crippen LogP contribution in [0.3, 0.4) is 0 Å². The molecule has 272 valence electrons. The van der Waals surface area contributed by atoms with Gasteiger partial charge in [-0.1, -0.05) is 74.7 Å². The van der Waals surface area contributed by atoms with Crippen molar-refractivity contribution in [3.05, 3.63) is 0 Å². The summed E-state index contributed by atoms with van der Waals surface area (Å²) in [6.07, 6.45) is 2.67. The van der Waals surface area contributed by atoms with Gasteiger partial charge in [0.2, 0.25) is 17.6 Å². The van der Waals surface area contributed by atoms with E-state index in [9.17, 15) is 28.8 Å². The molecule has 3 rings (SSSR count). The highest BCUT2D eigenvalue weighted by molar-refractivity contribution is 6.37. The predicted octanol–water partition coefficient (Wildman–Crippen LogP) is 3.19. The summed E-state index contributed by atoms with van der Waals surface area (Å²) in [5.41, 5.74) is 3.27. The standard InChI is InChI=1S/C35H60N6O7/c1-32(2,3)22(18-40(12)31(47)48-34(7,8)9)38-30(46)39-26(33(4,5)6)29(45)41-17-20-23(35(20,10)11)24(41)28(44)37-21(25(42)27(36)43)16-19-14-13-15-19/h19-24,26H,13-18H2,1-12H3,(H2,36,43)(H,37,44)(H2,38,39,46)/t20-,21?,22+,23-,24-,26+/m0/s1. The fraction of sp³-hybridized carbons (Fsp3) is 0.829.